The number of aryl methyl sites for hydroxylation is 2. The summed E-state index contributed by atoms with van der Waals surface area (Å²) in [6, 6.07) is 6.18. The Labute approximate surface area is 124 Å². The number of hydrogen-bond acceptors (Lipinski definition) is 2. The van der Waals surface area contributed by atoms with Crippen molar-refractivity contribution in [3.05, 3.63) is 35.0 Å². The molecule has 2 unspecified atom stereocenters. The number of aliphatic hydroxyl groups excluding tert-OH is 1. The number of aromatic nitrogens is 1. The first-order valence-corrected chi connectivity index (χ1v) is 7.53. The van der Waals surface area contributed by atoms with Crippen molar-refractivity contribution in [2.45, 2.75) is 33.3 Å². The van der Waals surface area contributed by atoms with Crippen LogP contribution in [0.3, 0.4) is 0 Å². The molecule has 1 aromatic carbocycles. The summed E-state index contributed by atoms with van der Waals surface area (Å²) in [5.41, 5.74) is 3.90. The number of aromatic amines is 1. The molecule has 1 aliphatic heterocycles. The van der Waals surface area contributed by atoms with E-state index in [1.54, 1.807) is 6.92 Å². The molecule has 0 aliphatic carbocycles. The van der Waals surface area contributed by atoms with Crippen molar-refractivity contribution >= 4 is 16.8 Å². The van der Waals surface area contributed by atoms with Gasteiger partial charge < -0.3 is 15.0 Å². The summed E-state index contributed by atoms with van der Waals surface area (Å²) in [6.07, 6.45) is 0.524. The lowest BCUT2D eigenvalue weighted by Crippen LogP contribution is -2.31. The molecule has 2 atom stereocenters. The predicted octanol–water partition coefficient (Wildman–Crippen LogP) is 2.63. The highest BCUT2D eigenvalue weighted by Crippen LogP contribution is 2.26. The number of carbonyl (C=O) groups excluding carboxylic acids is 1. The SMILES string of the molecule is Cc1ccc2[nH]c(C(=O)N3CCC(C(C)O)C3)c(C)c2c1. The molecule has 0 bridgehead atoms. The van der Waals surface area contributed by atoms with E-state index >= 15 is 0 Å². The van der Waals surface area contributed by atoms with Crippen LogP contribution in [0.4, 0.5) is 0 Å². The molecular formula is C17H22N2O2. The fraction of sp³-hybridized carbons (Fsp3) is 0.471. The summed E-state index contributed by atoms with van der Waals surface area (Å²) in [4.78, 5) is 17.8. The van der Waals surface area contributed by atoms with Gasteiger partial charge in [0.1, 0.15) is 5.69 Å². The maximum Gasteiger partial charge on any atom is 0.270 e. The number of carbonyl (C=O) groups is 1. The lowest BCUT2D eigenvalue weighted by atomic mass is 10.0. The van der Waals surface area contributed by atoms with Gasteiger partial charge in [-0.15, -0.1) is 0 Å². The van der Waals surface area contributed by atoms with Gasteiger partial charge in [-0.2, -0.15) is 0 Å². The smallest absolute Gasteiger partial charge is 0.270 e. The van der Waals surface area contributed by atoms with Crippen molar-refractivity contribution in [1.82, 2.24) is 9.88 Å². The highest BCUT2D eigenvalue weighted by molar-refractivity contribution is 6.01. The molecule has 0 saturated carbocycles. The third-order valence-electron chi connectivity index (χ3n) is 4.62. The van der Waals surface area contributed by atoms with E-state index in [-0.39, 0.29) is 17.9 Å². The Balaban J connectivity index is 1.90. The molecule has 0 spiro atoms. The Bertz CT molecular complexity index is 687. The molecule has 2 aromatic rings. The monoisotopic (exact) mass is 286 g/mol. The molecule has 1 aliphatic rings. The molecule has 4 heteroatoms. The Morgan fingerprint density at radius 1 is 1.43 bits per heavy atom. The van der Waals surface area contributed by atoms with E-state index in [4.69, 9.17) is 0 Å². The van der Waals surface area contributed by atoms with E-state index in [0.29, 0.717) is 12.2 Å². The molecule has 0 radical (unpaired) electrons. The standard InChI is InChI=1S/C17H22N2O2/c1-10-4-5-15-14(8-10)11(2)16(18-15)17(21)19-7-6-13(9-19)12(3)20/h4-5,8,12-13,18,20H,6-7,9H2,1-3H3. The van der Waals surface area contributed by atoms with Gasteiger partial charge in [-0.3, -0.25) is 4.79 Å². The van der Waals surface area contributed by atoms with Crippen LogP contribution >= 0.6 is 0 Å². The molecule has 4 nitrogen and oxygen atoms in total. The minimum atomic E-state index is -0.353. The number of H-pyrrole nitrogens is 1. The quantitative estimate of drug-likeness (QED) is 0.891. The number of benzene rings is 1. The molecule has 1 aromatic heterocycles. The second kappa shape index (κ2) is 5.19. The first kappa shape index (κ1) is 14.1. The first-order valence-electron chi connectivity index (χ1n) is 7.53. The van der Waals surface area contributed by atoms with Gasteiger partial charge in [0.2, 0.25) is 0 Å². The Kier molecular flexibility index (Phi) is 3.49. The largest absolute Gasteiger partial charge is 0.393 e. The Morgan fingerprint density at radius 2 is 2.19 bits per heavy atom. The van der Waals surface area contributed by atoms with Gasteiger partial charge in [-0.05, 0) is 44.9 Å². The van der Waals surface area contributed by atoms with Crippen molar-refractivity contribution in [3.63, 3.8) is 0 Å². The van der Waals surface area contributed by atoms with Gasteiger partial charge >= 0.3 is 0 Å². The molecule has 2 N–H and O–H groups in total. The number of amides is 1. The summed E-state index contributed by atoms with van der Waals surface area (Å²) in [5.74, 6) is 0.241. The van der Waals surface area contributed by atoms with E-state index in [1.165, 1.54) is 5.56 Å². The van der Waals surface area contributed by atoms with Crippen LogP contribution in [0.1, 0.15) is 35.0 Å². The first-order chi connectivity index (χ1) is 9.97. The van der Waals surface area contributed by atoms with Gasteiger partial charge in [0.05, 0.1) is 6.10 Å². The molecule has 21 heavy (non-hydrogen) atoms. The number of nitrogens with zero attached hydrogens (tertiary/aromatic N) is 1. The van der Waals surface area contributed by atoms with Gasteiger partial charge in [0, 0.05) is 29.9 Å². The number of hydrogen-bond donors (Lipinski definition) is 2. The highest BCUT2D eigenvalue weighted by atomic mass is 16.3. The van der Waals surface area contributed by atoms with Crippen LogP contribution < -0.4 is 0 Å². The van der Waals surface area contributed by atoms with E-state index in [2.05, 4.69) is 18.0 Å². The van der Waals surface area contributed by atoms with E-state index in [1.807, 2.05) is 24.0 Å². The average Bonchev–Trinajstić information content (AvgIpc) is 3.04. The molecule has 1 fully saturated rings. The van der Waals surface area contributed by atoms with Crippen LogP contribution in [-0.2, 0) is 0 Å². The summed E-state index contributed by atoms with van der Waals surface area (Å²) in [6.45, 7) is 7.22. The van der Waals surface area contributed by atoms with Gasteiger partial charge in [-0.25, -0.2) is 0 Å². The van der Waals surface area contributed by atoms with Crippen LogP contribution in [0.2, 0.25) is 0 Å². The van der Waals surface area contributed by atoms with Gasteiger partial charge in [0.25, 0.3) is 5.91 Å². The Hall–Kier alpha value is -1.81. The van der Waals surface area contributed by atoms with Crippen molar-refractivity contribution in [2.75, 3.05) is 13.1 Å². The maximum atomic E-state index is 12.7. The van der Waals surface area contributed by atoms with Crippen LogP contribution in [-0.4, -0.2) is 40.1 Å². The molecule has 1 amide bonds. The van der Waals surface area contributed by atoms with E-state index in [0.717, 1.165) is 29.4 Å². The van der Waals surface area contributed by atoms with Gasteiger partial charge in [0.15, 0.2) is 0 Å². The highest BCUT2D eigenvalue weighted by Gasteiger charge is 2.31. The van der Waals surface area contributed by atoms with Crippen molar-refractivity contribution < 1.29 is 9.90 Å². The minimum Gasteiger partial charge on any atom is -0.393 e. The third kappa shape index (κ3) is 2.44. The van der Waals surface area contributed by atoms with Crippen LogP contribution in [0.25, 0.3) is 10.9 Å². The molecule has 112 valence electrons. The fourth-order valence-corrected chi connectivity index (χ4v) is 3.18. The van der Waals surface area contributed by atoms with Crippen LogP contribution in [0.5, 0.6) is 0 Å². The molecular weight excluding hydrogens is 264 g/mol. The van der Waals surface area contributed by atoms with Gasteiger partial charge in [-0.1, -0.05) is 11.6 Å². The predicted molar refractivity (Wildman–Crippen MR) is 83.5 cm³/mol. The normalized spacial score (nSPS) is 20.2. The van der Waals surface area contributed by atoms with Crippen LogP contribution in [0.15, 0.2) is 18.2 Å². The number of rotatable bonds is 2. The van der Waals surface area contributed by atoms with Crippen LogP contribution in [0, 0.1) is 19.8 Å². The zero-order chi connectivity index (χ0) is 15.1. The number of fused-ring (bicyclic) bond motifs is 1. The topological polar surface area (TPSA) is 56.3 Å². The van der Waals surface area contributed by atoms with E-state index < -0.39 is 0 Å². The lowest BCUT2D eigenvalue weighted by molar-refractivity contribution is 0.0757. The minimum absolute atomic E-state index is 0.0458. The summed E-state index contributed by atoms with van der Waals surface area (Å²) >= 11 is 0. The Morgan fingerprint density at radius 3 is 2.86 bits per heavy atom. The number of likely N-dealkylation sites (tertiary alicyclic amines) is 1. The number of nitrogens with one attached hydrogen (secondary N) is 1. The molecule has 2 heterocycles. The zero-order valence-electron chi connectivity index (χ0n) is 12.8. The molecule has 3 rings (SSSR count). The second-order valence-corrected chi connectivity index (χ2v) is 6.21. The second-order valence-electron chi connectivity index (χ2n) is 6.21. The molecule has 1 saturated heterocycles. The van der Waals surface area contributed by atoms with E-state index in [9.17, 15) is 9.90 Å². The van der Waals surface area contributed by atoms with Crippen molar-refractivity contribution in [1.29, 1.82) is 0 Å². The summed E-state index contributed by atoms with van der Waals surface area (Å²) in [7, 11) is 0. The van der Waals surface area contributed by atoms with Crippen molar-refractivity contribution in [3.8, 4) is 0 Å². The van der Waals surface area contributed by atoms with Crippen molar-refractivity contribution in [2.24, 2.45) is 5.92 Å². The summed E-state index contributed by atoms with van der Waals surface area (Å²) in [5, 5.41) is 10.8. The fourth-order valence-electron chi connectivity index (χ4n) is 3.18. The number of aliphatic hydroxyl groups is 1. The lowest BCUT2D eigenvalue weighted by Gasteiger charge is -2.17. The zero-order valence-corrected chi connectivity index (χ0v) is 12.8. The third-order valence-corrected chi connectivity index (χ3v) is 4.62. The maximum absolute atomic E-state index is 12.7. The summed E-state index contributed by atoms with van der Waals surface area (Å²) < 4.78 is 0. The average molecular weight is 286 g/mol.